The summed E-state index contributed by atoms with van der Waals surface area (Å²) in [5.74, 6) is 0. The number of pyridine rings is 1. The van der Waals surface area contributed by atoms with Crippen LogP contribution in [0.1, 0.15) is 35.1 Å². The van der Waals surface area contributed by atoms with Gasteiger partial charge in [0.05, 0.1) is 28.9 Å². The molecule has 0 fully saturated rings. The van der Waals surface area contributed by atoms with Gasteiger partial charge in [-0.05, 0) is 71.8 Å². The van der Waals surface area contributed by atoms with Crippen LogP contribution in [-0.4, -0.2) is 20.3 Å². The van der Waals surface area contributed by atoms with Crippen molar-refractivity contribution >= 4 is 50.7 Å². The third-order valence-electron chi connectivity index (χ3n) is 5.49. The fraction of sp³-hybridized carbons (Fsp3) is 0.120. The van der Waals surface area contributed by atoms with Gasteiger partial charge in [-0.3, -0.25) is 10.1 Å². The molecule has 0 aliphatic rings. The van der Waals surface area contributed by atoms with Crippen molar-refractivity contribution in [1.82, 2.24) is 19.9 Å². The molecule has 34 heavy (non-hydrogen) atoms. The van der Waals surface area contributed by atoms with E-state index >= 15 is 0 Å². The number of nitrogens with one attached hydrogen (secondary N) is 2. The highest BCUT2D eigenvalue weighted by atomic mass is 35.5. The Morgan fingerprint density at radius 3 is 2.85 bits per heavy atom. The zero-order chi connectivity index (χ0) is 23.7. The minimum atomic E-state index is -0.556. The number of aliphatic hydroxyl groups excluding tert-OH is 1. The zero-order valence-electron chi connectivity index (χ0n) is 18.2. The molecule has 5 rings (SSSR count). The van der Waals surface area contributed by atoms with Crippen molar-refractivity contribution in [2.24, 2.45) is 0 Å². The van der Waals surface area contributed by atoms with Gasteiger partial charge in [0, 0.05) is 38.2 Å². The number of H-pyrrole nitrogens is 1. The number of nitrogens with zero attached hydrogens (tertiary/aromatic N) is 2. The summed E-state index contributed by atoms with van der Waals surface area (Å²) in [6, 6.07) is 17.5. The molecule has 0 saturated heterocycles. The molecule has 2 atom stereocenters. The Morgan fingerprint density at radius 1 is 1.18 bits per heavy atom. The van der Waals surface area contributed by atoms with E-state index in [1.165, 1.54) is 11.9 Å². The van der Waals surface area contributed by atoms with Crippen LogP contribution in [-0.2, 0) is 0 Å². The number of nitrogen functional groups attached to an aromatic ring is 1. The lowest BCUT2D eigenvalue weighted by molar-refractivity contribution is 0.199. The number of hydrogen-bond acceptors (Lipinski definition) is 7. The van der Waals surface area contributed by atoms with E-state index in [2.05, 4.69) is 38.1 Å². The lowest BCUT2D eigenvalue weighted by atomic mass is 10.0. The third-order valence-corrected chi connectivity index (χ3v) is 7.89. The minimum absolute atomic E-state index is 0.196. The Hall–Kier alpha value is -2.88. The number of nitrogens with two attached hydrogens (primary N) is 1. The molecule has 172 valence electrons. The van der Waals surface area contributed by atoms with Crippen LogP contribution in [0.5, 0.6) is 0 Å². The number of benzene rings is 2. The van der Waals surface area contributed by atoms with Gasteiger partial charge in [-0.15, -0.1) is 11.3 Å². The number of halogens is 1. The third kappa shape index (κ3) is 4.68. The SMILES string of the molecule is CC(O)c1ccnc(-c2cccc3cc(C(NSc4cn[nH]c4)c4cc(N)ccc4Cl)sc23)c1. The Bertz CT molecular complexity index is 1430. The summed E-state index contributed by atoms with van der Waals surface area (Å²) < 4.78 is 4.66. The molecule has 9 heteroatoms. The molecule has 5 N–H and O–H groups in total. The number of aliphatic hydroxyl groups is 1. The maximum absolute atomic E-state index is 10.0. The smallest absolute Gasteiger partial charge is 0.0783 e. The first kappa shape index (κ1) is 22.9. The number of rotatable bonds is 7. The van der Waals surface area contributed by atoms with Crippen LogP contribution in [0.25, 0.3) is 21.3 Å². The lowest BCUT2D eigenvalue weighted by Gasteiger charge is -2.18. The first-order valence-corrected chi connectivity index (χ1v) is 12.6. The summed E-state index contributed by atoms with van der Waals surface area (Å²) in [4.78, 5) is 6.64. The summed E-state index contributed by atoms with van der Waals surface area (Å²) in [5.41, 5.74) is 10.4. The molecule has 0 radical (unpaired) electrons. The second-order valence-electron chi connectivity index (χ2n) is 7.89. The van der Waals surface area contributed by atoms with E-state index in [-0.39, 0.29) is 6.04 Å². The molecule has 6 nitrogen and oxygen atoms in total. The van der Waals surface area contributed by atoms with Crippen LogP contribution in [0, 0.1) is 0 Å². The Balaban J connectivity index is 1.60. The largest absolute Gasteiger partial charge is 0.399 e. The summed E-state index contributed by atoms with van der Waals surface area (Å²) in [6.07, 6.45) is 4.78. The highest BCUT2D eigenvalue weighted by Crippen LogP contribution is 2.41. The maximum atomic E-state index is 10.0. The van der Waals surface area contributed by atoms with Crippen LogP contribution in [0.3, 0.4) is 0 Å². The summed E-state index contributed by atoms with van der Waals surface area (Å²) in [6.45, 7) is 1.76. The summed E-state index contributed by atoms with van der Waals surface area (Å²) >= 11 is 9.79. The van der Waals surface area contributed by atoms with E-state index < -0.39 is 6.10 Å². The van der Waals surface area contributed by atoms with Gasteiger partial charge in [-0.2, -0.15) is 5.10 Å². The molecule has 3 aromatic heterocycles. The number of fused-ring (bicyclic) bond motifs is 1. The van der Waals surface area contributed by atoms with Gasteiger partial charge in [0.2, 0.25) is 0 Å². The first-order chi connectivity index (χ1) is 16.5. The normalized spacial score (nSPS) is 13.3. The maximum Gasteiger partial charge on any atom is 0.0783 e. The van der Waals surface area contributed by atoms with Gasteiger partial charge in [0.25, 0.3) is 0 Å². The van der Waals surface area contributed by atoms with Crippen LogP contribution in [0.2, 0.25) is 5.02 Å². The van der Waals surface area contributed by atoms with Crippen molar-refractivity contribution in [2.45, 2.75) is 24.0 Å². The highest BCUT2D eigenvalue weighted by Gasteiger charge is 2.22. The van der Waals surface area contributed by atoms with Crippen LogP contribution in [0.4, 0.5) is 5.69 Å². The Labute approximate surface area is 210 Å². The molecule has 0 amide bonds. The highest BCUT2D eigenvalue weighted by molar-refractivity contribution is 7.97. The molecular formula is C25H22ClN5OS2. The molecule has 0 aliphatic carbocycles. The predicted octanol–water partition coefficient (Wildman–Crippen LogP) is 6.36. The fourth-order valence-corrected chi connectivity index (χ4v) is 6.04. The second kappa shape index (κ2) is 9.77. The van der Waals surface area contributed by atoms with E-state index in [1.54, 1.807) is 36.7 Å². The van der Waals surface area contributed by atoms with E-state index in [4.69, 9.17) is 17.3 Å². The van der Waals surface area contributed by atoms with Gasteiger partial charge >= 0.3 is 0 Å². The topological polar surface area (TPSA) is 99.9 Å². The van der Waals surface area contributed by atoms with Crippen LogP contribution < -0.4 is 10.5 Å². The van der Waals surface area contributed by atoms with E-state index in [1.807, 2.05) is 36.5 Å². The number of anilines is 1. The van der Waals surface area contributed by atoms with Gasteiger partial charge in [0.15, 0.2) is 0 Å². The minimum Gasteiger partial charge on any atom is -0.399 e. The molecule has 0 saturated carbocycles. The first-order valence-electron chi connectivity index (χ1n) is 10.6. The molecule has 0 bridgehead atoms. The zero-order valence-corrected chi connectivity index (χ0v) is 20.6. The lowest BCUT2D eigenvalue weighted by Crippen LogP contribution is -2.15. The summed E-state index contributed by atoms with van der Waals surface area (Å²) in [5, 5.41) is 18.6. The molecule has 3 heterocycles. The van der Waals surface area contributed by atoms with Crippen molar-refractivity contribution in [3.05, 3.63) is 94.2 Å². The summed E-state index contributed by atoms with van der Waals surface area (Å²) in [7, 11) is 0. The Morgan fingerprint density at radius 2 is 2.06 bits per heavy atom. The van der Waals surface area contributed by atoms with Gasteiger partial charge in [-0.25, -0.2) is 4.72 Å². The van der Waals surface area contributed by atoms with Gasteiger partial charge in [-0.1, -0.05) is 29.8 Å². The van der Waals surface area contributed by atoms with E-state index in [9.17, 15) is 5.11 Å². The fourth-order valence-electron chi connectivity index (χ4n) is 3.76. The monoisotopic (exact) mass is 507 g/mol. The number of hydrogen-bond donors (Lipinski definition) is 4. The van der Waals surface area contributed by atoms with E-state index in [0.717, 1.165) is 42.2 Å². The standard InChI is InChI=1S/C25H22ClN5OS2/c1-14(32)15-7-8-28-22(9-15)19-4-2-3-16-10-23(33-25(16)19)24(31-34-18-12-29-30-13-18)20-11-17(27)5-6-21(20)26/h2-14,24,31-32H,27H2,1H3,(H,29,30). The Kier molecular flexibility index (Phi) is 6.58. The number of aromatic amines is 1. The molecule has 0 spiro atoms. The number of thiophene rings is 1. The second-order valence-corrected chi connectivity index (χ2v) is 10.3. The van der Waals surface area contributed by atoms with Crippen molar-refractivity contribution in [3.8, 4) is 11.3 Å². The van der Waals surface area contributed by atoms with Gasteiger partial charge in [0.1, 0.15) is 0 Å². The van der Waals surface area contributed by atoms with Crippen LogP contribution >= 0.6 is 34.9 Å². The van der Waals surface area contributed by atoms with Crippen molar-refractivity contribution in [3.63, 3.8) is 0 Å². The molecule has 0 aliphatic heterocycles. The average Bonchev–Trinajstić information content (AvgIpc) is 3.51. The molecule has 5 aromatic rings. The number of aromatic nitrogens is 3. The van der Waals surface area contributed by atoms with E-state index in [0.29, 0.717) is 10.7 Å². The quantitative estimate of drug-likeness (QED) is 0.151. The molecule has 2 aromatic carbocycles. The average molecular weight is 508 g/mol. The molecular weight excluding hydrogens is 486 g/mol. The van der Waals surface area contributed by atoms with Crippen molar-refractivity contribution < 1.29 is 5.11 Å². The van der Waals surface area contributed by atoms with Gasteiger partial charge < -0.3 is 10.8 Å². The van der Waals surface area contributed by atoms with Crippen LogP contribution in [0.15, 0.2) is 78.1 Å². The van der Waals surface area contributed by atoms with Crippen molar-refractivity contribution in [2.75, 3.05) is 5.73 Å². The predicted molar refractivity (Wildman–Crippen MR) is 141 cm³/mol. The molecule has 2 unspecified atom stereocenters. The van der Waals surface area contributed by atoms with Crippen molar-refractivity contribution in [1.29, 1.82) is 0 Å².